The number of nitrogens with zero attached hydrogens (tertiary/aromatic N) is 2. The van der Waals surface area contributed by atoms with E-state index < -0.39 is 9.84 Å². The Balaban J connectivity index is 1.56. The number of hydrogen-bond donors (Lipinski definition) is 0. The fourth-order valence-electron chi connectivity index (χ4n) is 4.23. The van der Waals surface area contributed by atoms with Crippen LogP contribution in [0.5, 0.6) is 0 Å². The van der Waals surface area contributed by atoms with Crippen molar-refractivity contribution >= 4 is 15.7 Å². The van der Waals surface area contributed by atoms with Crippen LogP contribution < -0.4 is 0 Å². The van der Waals surface area contributed by atoms with Gasteiger partial charge in [-0.3, -0.25) is 9.69 Å². The predicted molar refractivity (Wildman–Crippen MR) is 92.1 cm³/mol. The Morgan fingerprint density at radius 2 is 1.84 bits per heavy atom. The highest BCUT2D eigenvalue weighted by Crippen LogP contribution is 2.34. The molecule has 2 aliphatic heterocycles. The van der Waals surface area contributed by atoms with Gasteiger partial charge in [0.1, 0.15) is 5.82 Å². The van der Waals surface area contributed by atoms with Gasteiger partial charge in [-0.1, -0.05) is 24.6 Å². The quantitative estimate of drug-likeness (QED) is 0.812. The zero-order valence-electron chi connectivity index (χ0n) is 14.1. The molecule has 1 saturated carbocycles. The molecule has 0 spiro atoms. The summed E-state index contributed by atoms with van der Waals surface area (Å²) in [5, 5.41) is 0. The Morgan fingerprint density at radius 1 is 1.12 bits per heavy atom. The van der Waals surface area contributed by atoms with Crippen LogP contribution >= 0.6 is 0 Å². The van der Waals surface area contributed by atoms with Gasteiger partial charge in [0.2, 0.25) is 5.91 Å². The van der Waals surface area contributed by atoms with Crippen LogP contribution in [0.4, 0.5) is 4.39 Å². The van der Waals surface area contributed by atoms with E-state index in [4.69, 9.17) is 0 Å². The molecular weight excluding hydrogens is 343 g/mol. The van der Waals surface area contributed by atoms with E-state index in [1.165, 1.54) is 6.07 Å². The predicted octanol–water partition coefficient (Wildman–Crippen LogP) is 1.44. The van der Waals surface area contributed by atoms with Crippen molar-refractivity contribution in [2.24, 2.45) is 5.92 Å². The molecule has 0 radical (unpaired) electrons. The average molecular weight is 366 g/mol. The Hall–Kier alpha value is -1.47. The minimum absolute atomic E-state index is 0.0316. The fraction of sp³-hybridized carbons (Fsp3) is 0.611. The summed E-state index contributed by atoms with van der Waals surface area (Å²) in [4.78, 5) is 16.5. The molecule has 1 aromatic rings. The third kappa shape index (κ3) is 3.19. The second-order valence-corrected chi connectivity index (χ2v) is 9.59. The number of rotatable bonds is 3. The first-order chi connectivity index (χ1) is 11.9. The molecule has 2 saturated heterocycles. The van der Waals surface area contributed by atoms with E-state index in [9.17, 15) is 17.6 Å². The Morgan fingerprint density at radius 3 is 2.52 bits per heavy atom. The maximum Gasteiger partial charge on any atom is 0.226 e. The lowest BCUT2D eigenvalue weighted by Gasteiger charge is -2.45. The van der Waals surface area contributed by atoms with Crippen LogP contribution in [0, 0.1) is 11.7 Å². The van der Waals surface area contributed by atoms with Gasteiger partial charge in [-0.2, -0.15) is 0 Å². The Labute approximate surface area is 147 Å². The van der Waals surface area contributed by atoms with E-state index in [-0.39, 0.29) is 41.2 Å². The number of fused-ring (bicyclic) bond motifs is 1. The molecule has 1 aromatic carbocycles. The smallest absolute Gasteiger partial charge is 0.226 e. The third-order valence-electron chi connectivity index (χ3n) is 5.86. The Kier molecular flexibility index (Phi) is 4.32. The number of benzene rings is 1. The minimum atomic E-state index is -3.17. The molecule has 7 heteroatoms. The van der Waals surface area contributed by atoms with Gasteiger partial charge in [0.05, 0.1) is 17.5 Å². The highest BCUT2D eigenvalue weighted by atomic mass is 32.2. The van der Waals surface area contributed by atoms with Crippen LogP contribution in [0.1, 0.15) is 24.8 Å². The van der Waals surface area contributed by atoms with Crippen molar-refractivity contribution in [3.05, 3.63) is 35.6 Å². The lowest BCUT2D eigenvalue weighted by molar-refractivity contribution is -0.144. The largest absolute Gasteiger partial charge is 0.336 e. The van der Waals surface area contributed by atoms with Gasteiger partial charge in [0.15, 0.2) is 9.84 Å². The van der Waals surface area contributed by atoms with E-state index in [0.29, 0.717) is 25.2 Å². The van der Waals surface area contributed by atoms with Gasteiger partial charge < -0.3 is 4.90 Å². The maximum atomic E-state index is 14.0. The molecule has 0 aromatic heterocycles. The van der Waals surface area contributed by atoms with Gasteiger partial charge >= 0.3 is 0 Å². The lowest BCUT2D eigenvalue weighted by atomic mass is 9.83. The monoisotopic (exact) mass is 366 g/mol. The van der Waals surface area contributed by atoms with Crippen LogP contribution in [0.25, 0.3) is 0 Å². The maximum absolute atomic E-state index is 14.0. The fourth-order valence-corrected chi connectivity index (χ4v) is 6.24. The first-order valence-electron chi connectivity index (χ1n) is 8.93. The summed E-state index contributed by atoms with van der Waals surface area (Å²) in [5.41, 5.74) is 0.573. The van der Waals surface area contributed by atoms with E-state index in [0.717, 1.165) is 19.3 Å². The molecule has 3 fully saturated rings. The van der Waals surface area contributed by atoms with Crippen molar-refractivity contribution < 1.29 is 17.6 Å². The van der Waals surface area contributed by atoms with E-state index in [2.05, 4.69) is 0 Å². The van der Waals surface area contributed by atoms with Crippen molar-refractivity contribution in [3.8, 4) is 0 Å². The van der Waals surface area contributed by atoms with Gasteiger partial charge in [-0.25, -0.2) is 12.8 Å². The van der Waals surface area contributed by atoms with E-state index in [1.54, 1.807) is 23.1 Å². The van der Waals surface area contributed by atoms with Gasteiger partial charge in [0.25, 0.3) is 0 Å². The minimum Gasteiger partial charge on any atom is -0.336 e. The molecule has 1 aliphatic carbocycles. The highest BCUT2D eigenvalue weighted by Gasteiger charge is 2.49. The SMILES string of the molecule is O=C(C1CCC1)N1CCN(Cc2ccccc2F)[C@H]2CS(=O)(=O)C[C@H]21. The molecule has 0 bridgehead atoms. The van der Waals surface area contributed by atoms with Crippen LogP contribution in [0.2, 0.25) is 0 Å². The summed E-state index contributed by atoms with van der Waals surface area (Å²) >= 11 is 0. The molecular formula is C18H23FN2O3S. The summed E-state index contributed by atoms with van der Waals surface area (Å²) in [5.74, 6) is 0.00336. The first-order valence-corrected chi connectivity index (χ1v) is 10.7. The van der Waals surface area contributed by atoms with Gasteiger partial charge in [0, 0.05) is 37.2 Å². The van der Waals surface area contributed by atoms with Crippen LogP contribution in [0.15, 0.2) is 24.3 Å². The molecule has 5 nitrogen and oxygen atoms in total. The number of piperazine rings is 1. The van der Waals surface area contributed by atoms with Crippen LogP contribution in [-0.4, -0.2) is 60.8 Å². The lowest BCUT2D eigenvalue weighted by Crippen LogP contribution is -2.61. The number of sulfone groups is 1. The van der Waals surface area contributed by atoms with Crippen LogP contribution in [-0.2, 0) is 21.2 Å². The second kappa shape index (κ2) is 6.36. The average Bonchev–Trinajstić information content (AvgIpc) is 2.83. The summed E-state index contributed by atoms with van der Waals surface area (Å²) in [6, 6.07) is 6.07. The molecule has 1 amide bonds. The molecule has 25 heavy (non-hydrogen) atoms. The van der Waals surface area contributed by atoms with Crippen molar-refractivity contribution in [2.75, 3.05) is 24.6 Å². The first kappa shape index (κ1) is 17.0. The van der Waals surface area contributed by atoms with Gasteiger partial charge in [-0.15, -0.1) is 0 Å². The van der Waals surface area contributed by atoms with Gasteiger partial charge in [-0.05, 0) is 18.9 Å². The molecule has 136 valence electrons. The van der Waals surface area contributed by atoms with Crippen molar-refractivity contribution in [2.45, 2.75) is 37.9 Å². The Bertz CT molecular complexity index is 778. The van der Waals surface area contributed by atoms with Crippen molar-refractivity contribution in [3.63, 3.8) is 0 Å². The molecule has 2 heterocycles. The number of carbonyl (C=O) groups is 1. The third-order valence-corrected chi connectivity index (χ3v) is 7.56. The van der Waals surface area contributed by atoms with Crippen molar-refractivity contribution in [1.29, 1.82) is 0 Å². The molecule has 0 unspecified atom stereocenters. The molecule has 2 atom stereocenters. The summed E-state index contributed by atoms with van der Waals surface area (Å²) in [7, 11) is -3.17. The molecule has 0 N–H and O–H groups in total. The summed E-state index contributed by atoms with van der Waals surface area (Å²) in [6.45, 7) is 1.50. The van der Waals surface area contributed by atoms with Crippen molar-refractivity contribution in [1.82, 2.24) is 9.80 Å². The topological polar surface area (TPSA) is 57.7 Å². The number of halogens is 1. The molecule has 3 aliphatic rings. The standard InChI is InChI=1S/C18H23FN2O3S/c19-15-7-2-1-4-14(15)10-20-8-9-21(18(22)13-5-3-6-13)17-12-25(23,24)11-16(17)20/h1-2,4,7,13,16-17H,3,5-6,8-12H2/t16-,17+/m0/s1. The summed E-state index contributed by atoms with van der Waals surface area (Å²) < 4.78 is 38.5. The molecule has 4 rings (SSSR count). The van der Waals surface area contributed by atoms with E-state index in [1.807, 2.05) is 4.90 Å². The van der Waals surface area contributed by atoms with E-state index >= 15 is 0 Å². The van der Waals surface area contributed by atoms with Crippen LogP contribution in [0.3, 0.4) is 0 Å². The second-order valence-electron chi connectivity index (χ2n) is 7.43. The summed E-state index contributed by atoms with van der Waals surface area (Å²) in [6.07, 6.45) is 2.91. The zero-order valence-corrected chi connectivity index (χ0v) is 14.9. The number of amides is 1. The normalized spacial score (nSPS) is 29.2. The number of hydrogen-bond acceptors (Lipinski definition) is 4. The highest BCUT2D eigenvalue weighted by molar-refractivity contribution is 7.91. The zero-order chi connectivity index (χ0) is 17.6. The number of carbonyl (C=O) groups excluding carboxylic acids is 1.